The van der Waals surface area contributed by atoms with Crippen molar-refractivity contribution in [3.63, 3.8) is 0 Å². The van der Waals surface area contributed by atoms with Crippen LogP contribution in [-0.4, -0.2) is 19.6 Å². The average Bonchev–Trinajstić information content (AvgIpc) is 1.83. The van der Waals surface area contributed by atoms with E-state index in [2.05, 4.69) is 24.5 Å². The molecule has 0 spiro atoms. The summed E-state index contributed by atoms with van der Waals surface area (Å²) in [5.41, 5.74) is 0. The highest BCUT2D eigenvalue weighted by atomic mass is 15.1. The SMILES string of the molecule is CNC(=N)[N]CC(C)C. The highest BCUT2D eigenvalue weighted by molar-refractivity contribution is 5.75. The Kier molecular flexibility index (Phi) is 3.84. The van der Waals surface area contributed by atoms with Gasteiger partial charge < -0.3 is 5.32 Å². The van der Waals surface area contributed by atoms with Crippen LogP contribution in [0, 0.1) is 11.3 Å². The van der Waals surface area contributed by atoms with Gasteiger partial charge in [-0.3, -0.25) is 10.7 Å². The van der Waals surface area contributed by atoms with E-state index in [1.54, 1.807) is 7.05 Å². The lowest BCUT2D eigenvalue weighted by Gasteiger charge is -2.04. The number of nitrogens with one attached hydrogen (secondary N) is 2. The van der Waals surface area contributed by atoms with Gasteiger partial charge in [-0.25, -0.2) is 0 Å². The Labute approximate surface area is 56.3 Å². The lowest BCUT2D eigenvalue weighted by molar-refractivity contribution is 0.611. The third kappa shape index (κ3) is 5.14. The van der Waals surface area contributed by atoms with Crippen LogP contribution in [0.5, 0.6) is 0 Å². The topological polar surface area (TPSA) is 50.0 Å². The third-order valence-electron chi connectivity index (χ3n) is 0.851. The fourth-order valence-corrected chi connectivity index (χ4v) is 0.353. The van der Waals surface area contributed by atoms with E-state index in [1.807, 2.05) is 0 Å². The first-order valence-corrected chi connectivity index (χ1v) is 3.10. The molecule has 1 radical (unpaired) electrons. The molecule has 0 rings (SSSR count). The Morgan fingerprint density at radius 2 is 2.22 bits per heavy atom. The molecule has 3 heteroatoms. The van der Waals surface area contributed by atoms with Crippen molar-refractivity contribution in [1.82, 2.24) is 10.6 Å². The van der Waals surface area contributed by atoms with Gasteiger partial charge in [0.05, 0.1) is 0 Å². The minimum Gasteiger partial charge on any atom is -0.358 e. The molecule has 0 saturated heterocycles. The summed E-state index contributed by atoms with van der Waals surface area (Å²) in [6.07, 6.45) is 0. The quantitative estimate of drug-likeness (QED) is 0.410. The summed E-state index contributed by atoms with van der Waals surface area (Å²) in [6, 6.07) is 0. The van der Waals surface area contributed by atoms with Crippen molar-refractivity contribution in [2.75, 3.05) is 13.6 Å². The minimum absolute atomic E-state index is 0.267. The van der Waals surface area contributed by atoms with Crippen LogP contribution in [-0.2, 0) is 0 Å². The second-order valence-electron chi connectivity index (χ2n) is 2.33. The predicted octanol–water partition coefficient (Wildman–Crippen LogP) is 0.401. The van der Waals surface area contributed by atoms with Gasteiger partial charge >= 0.3 is 0 Å². The standard InChI is InChI=1S/C6H14N3/c1-5(2)4-9-6(7)8-3/h5H,4H2,1-3H3,(H2,7,8). The van der Waals surface area contributed by atoms with Gasteiger partial charge in [0.2, 0.25) is 5.96 Å². The molecule has 0 aliphatic heterocycles. The van der Waals surface area contributed by atoms with Gasteiger partial charge in [-0.2, -0.15) is 0 Å². The maximum atomic E-state index is 7.05. The molecule has 0 amide bonds. The second-order valence-corrected chi connectivity index (χ2v) is 2.33. The van der Waals surface area contributed by atoms with E-state index in [9.17, 15) is 0 Å². The molecule has 0 aliphatic carbocycles. The molecule has 0 atom stereocenters. The third-order valence-corrected chi connectivity index (χ3v) is 0.851. The minimum atomic E-state index is 0.267. The van der Waals surface area contributed by atoms with Crippen LogP contribution < -0.4 is 10.6 Å². The summed E-state index contributed by atoms with van der Waals surface area (Å²) in [6.45, 7) is 4.89. The van der Waals surface area contributed by atoms with Crippen molar-refractivity contribution < 1.29 is 0 Å². The van der Waals surface area contributed by atoms with Crippen LogP contribution in [0.3, 0.4) is 0 Å². The highest BCUT2D eigenvalue weighted by Crippen LogP contribution is 1.86. The normalized spacial score (nSPS) is 9.33. The summed E-state index contributed by atoms with van der Waals surface area (Å²) < 4.78 is 0. The zero-order valence-corrected chi connectivity index (χ0v) is 6.23. The Balaban J connectivity index is 3.17. The van der Waals surface area contributed by atoms with Gasteiger partial charge in [-0.15, -0.1) is 0 Å². The molecule has 2 N–H and O–H groups in total. The Hall–Kier alpha value is -0.730. The van der Waals surface area contributed by atoms with Crippen LogP contribution in [0.2, 0.25) is 0 Å². The zero-order chi connectivity index (χ0) is 7.28. The molecule has 0 bridgehead atoms. The van der Waals surface area contributed by atoms with Crippen molar-refractivity contribution in [2.24, 2.45) is 5.92 Å². The highest BCUT2D eigenvalue weighted by Gasteiger charge is 1.95. The molecule has 0 aromatic carbocycles. The Bertz CT molecular complexity index is 88.3. The van der Waals surface area contributed by atoms with E-state index in [1.165, 1.54) is 0 Å². The van der Waals surface area contributed by atoms with Crippen molar-refractivity contribution in [3.05, 3.63) is 0 Å². The van der Waals surface area contributed by atoms with E-state index in [-0.39, 0.29) is 5.96 Å². The van der Waals surface area contributed by atoms with Crippen LogP contribution in [0.4, 0.5) is 0 Å². The molecular formula is C6H14N3. The maximum Gasteiger partial charge on any atom is 0.210 e. The van der Waals surface area contributed by atoms with Gasteiger partial charge in [0.25, 0.3) is 0 Å². The summed E-state index contributed by atoms with van der Waals surface area (Å²) in [4.78, 5) is 0. The number of nitrogens with zero attached hydrogens (tertiary/aromatic N) is 1. The lowest BCUT2D eigenvalue weighted by atomic mass is 10.2. The van der Waals surface area contributed by atoms with E-state index >= 15 is 0 Å². The van der Waals surface area contributed by atoms with Gasteiger partial charge in [0.1, 0.15) is 0 Å². The average molecular weight is 128 g/mol. The zero-order valence-electron chi connectivity index (χ0n) is 6.23. The summed E-state index contributed by atoms with van der Waals surface area (Å²) in [5.74, 6) is 0.808. The number of rotatable bonds is 2. The molecule has 0 aliphatic rings. The summed E-state index contributed by atoms with van der Waals surface area (Å²) >= 11 is 0. The van der Waals surface area contributed by atoms with Crippen molar-refractivity contribution in [2.45, 2.75) is 13.8 Å². The van der Waals surface area contributed by atoms with E-state index in [0.29, 0.717) is 5.92 Å². The molecule has 3 nitrogen and oxygen atoms in total. The Morgan fingerprint density at radius 1 is 1.67 bits per heavy atom. The molecule has 0 unspecified atom stereocenters. The molecule has 0 aromatic heterocycles. The van der Waals surface area contributed by atoms with Crippen molar-refractivity contribution in [3.8, 4) is 0 Å². The molecule has 0 saturated carbocycles. The predicted molar refractivity (Wildman–Crippen MR) is 38.6 cm³/mol. The smallest absolute Gasteiger partial charge is 0.210 e. The molecule has 0 heterocycles. The van der Waals surface area contributed by atoms with Gasteiger partial charge in [-0.05, 0) is 5.92 Å². The number of guanidine groups is 1. The molecule has 0 aromatic rings. The first-order chi connectivity index (χ1) is 4.16. The first kappa shape index (κ1) is 8.27. The number of hydrogen-bond acceptors (Lipinski definition) is 1. The number of hydrogen-bond donors (Lipinski definition) is 2. The second kappa shape index (κ2) is 4.18. The molecular weight excluding hydrogens is 114 g/mol. The van der Waals surface area contributed by atoms with Gasteiger partial charge in [0.15, 0.2) is 0 Å². The summed E-state index contributed by atoms with van der Waals surface area (Å²) in [7, 11) is 1.70. The summed E-state index contributed by atoms with van der Waals surface area (Å²) in [5, 5.41) is 13.6. The van der Waals surface area contributed by atoms with Crippen molar-refractivity contribution in [1.29, 1.82) is 5.41 Å². The molecule has 9 heavy (non-hydrogen) atoms. The van der Waals surface area contributed by atoms with E-state index < -0.39 is 0 Å². The van der Waals surface area contributed by atoms with Gasteiger partial charge in [0, 0.05) is 13.6 Å². The van der Waals surface area contributed by atoms with Crippen LogP contribution in [0.15, 0.2) is 0 Å². The first-order valence-electron chi connectivity index (χ1n) is 3.10. The van der Waals surface area contributed by atoms with Gasteiger partial charge in [-0.1, -0.05) is 13.8 Å². The van der Waals surface area contributed by atoms with Crippen LogP contribution in [0.1, 0.15) is 13.8 Å². The van der Waals surface area contributed by atoms with Crippen LogP contribution >= 0.6 is 0 Å². The fourth-order valence-electron chi connectivity index (χ4n) is 0.353. The molecule has 53 valence electrons. The molecule has 0 fully saturated rings. The monoisotopic (exact) mass is 128 g/mol. The maximum absolute atomic E-state index is 7.05. The van der Waals surface area contributed by atoms with E-state index in [0.717, 1.165) is 6.54 Å². The van der Waals surface area contributed by atoms with Crippen LogP contribution in [0.25, 0.3) is 0 Å². The largest absolute Gasteiger partial charge is 0.358 e. The van der Waals surface area contributed by atoms with Crippen molar-refractivity contribution >= 4 is 5.96 Å². The lowest BCUT2D eigenvalue weighted by Crippen LogP contribution is -2.29. The van der Waals surface area contributed by atoms with E-state index in [4.69, 9.17) is 5.41 Å². The fraction of sp³-hybridized carbons (Fsp3) is 0.833. The Morgan fingerprint density at radius 3 is 2.56 bits per heavy atom.